The van der Waals surface area contributed by atoms with Gasteiger partial charge in [-0.25, -0.2) is 0 Å². The van der Waals surface area contributed by atoms with Crippen LogP contribution in [0.1, 0.15) is 19.4 Å². The zero-order chi connectivity index (χ0) is 13.7. The molecule has 0 aliphatic rings. The lowest BCUT2D eigenvalue weighted by atomic mass is 10.1. The number of benzene rings is 1. The maximum atomic E-state index is 6.22. The molecule has 4 heteroatoms. The van der Waals surface area contributed by atoms with Crippen molar-refractivity contribution in [3.63, 3.8) is 0 Å². The van der Waals surface area contributed by atoms with Gasteiger partial charge in [-0.3, -0.25) is 0 Å². The lowest BCUT2D eigenvalue weighted by molar-refractivity contribution is 0.373. The number of alkyl halides is 1. The summed E-state index contributed by atoms with van der Waals surface area (Å²) in [5.41, 5.74) is 2.14. The largest absolute Gasteiger partial charge is 0.368 e. The van der Waals surface area contributed by atoms with Gasteiger partial charge in [-0.05, 0) is 45.6 Å². The van der Waals surface area contributed by atoms with Crippen LogP contribution in [-0.2, 0) is 5.88 Å². The molecule has 1 atom stereocenters. The van der Waals surface area contributed by atoms with Gasteiger partial charge < -0.3 is 9.80 Å². The van der Waals surface area contributed by atoms with Crippen molar-refractivity contribution in [2.24, 2.45) is 0 Å². The van der Waals surface area contributed by atoms with Crippen molar-refractivity contribution in [3.05, 3.63) is 28.8 Å². The van der Waals surface area contributed by atoms with Gasteiger partial charge in [-0.15, -0.1) is 11.6 Å². The number of likely N-dealkylation sites (N-methyl/N-ethyl adjacent to an activating group) is 2. The second kappa shape index (κ2) is 7.22. The quantitative estimate of drug-likeness (QED) is 0.734. The maximum absolute atomic E-state index is 6.22. The molecular weight excluding hydrogens is 267 g/mol. The van der Waals surface area contributed by atoms with Crippen molar-refractivity contribution in [1.29, 1.82) is 0 Å². The van der Waals surface area contributed by atoms with Crippen LogP contribution in [0.5, 0.6) is 0 Å². The summed E-state index contributed by atoms with van der Waals surface area (Å²) in [5.74, 6) is 0.457. The van der Waals surface area contributed by atoms with Gasteiger partial charge in [0.2, 0.25) is 0 Å². The van der Waals surface area contributed by atoms with E-state index in [1.54, 1.807) is 0 Å². The van der Waals surface area contributed by atoms with E-state index in [1.807, 2.05) is 12.1 Å². The fourth-order valence-electron chi connectivity index (χ4n) is 2.20. The number of halogens is 2. The van der Waals surface area contributed by atoms with Crippen LogP contribution in [0.4, 0.5) is 5.69 Å². The van der Waals surface area contributed by atoms with Crippen molar-refractivity contribution >= 4 is 28.9 Å². The molecule has 1 aromatic rings. The van der Waals surface area contributed by atoms with E-state index in [9.17, 15) is 0 Å². The summed E-state index contributed by atoms with van der Waals surface area (Å²) in [6, 6.07) is 6.56. The first-order valence-electron chi connectivity index (χ1n) is 6.25. The van der Waals surface area contributed by atoms with E-state index in [1.165, 1.54) is 0 Å². The van der Waals surface area contributed by atoms with Crippen molar-refractivity contribution < 1.29 is 0 Å². The molecular formula is C14H22Cl2N2. The Morgan fingerprint density at radius 1 is 1.28 bits per heavy atom. The SMILES string of the molecule is CCN(c1ccc(CCl)c(Cl)c1)C(C)CN(C)C. The lowest BCUT2D eigenvalue weighted by Crippen LogP contribution is -2.40. The van der Waals surface area contributed by atoms with E-state index in [0.717, 1.165) is 29.4 Å². The number of rotatable bonds is 6. The first kappa shape index (κ1) is 15.6. The summed E-state index contributed by atoms with van der Waals surface area (Å²) in [5, 5.41) is 0.748. The molecule has 102 valence electrons. The van der Waals surface area contributed by atoms with Gasteiger partial charge in [-0.1, -0.05) is 17.7 Å². The molecule has 18 heavy (non-hydrogen) atoms. The highest BCUT2D eigenvalue weighted by molar-refractivity contribution is 6.32. The molecule has 0 heterocycles. The molecule has 0 N–H and O–H groups in total. The normalized spacial score (nSPS) is 12.8. The molecule has 0 amide bonds. The molecule has 0 spiro atoms. The summed E-state index contributed by atoms with van der Waals surface area (Å²) in [4.78, 5) is 4.55. The zero-order valence-electron chi connectivity index (χ0n) is 11.6. The van der Waals surface area contributed by atoms with Gasteiger partial charge in [0.1, 0.15) is 0 Å². The smallest absolute Gasteiger partial charge is 0.0488 e. The van der Waals surface area contributed by atoms with Crippen LogP contribution in [-0.4, -0.2) is 38.1 Å². The second-order valence-electron chi connectivity index (χ2n) is 4.81. The van der Waals surface area contributed by atoms with Gasteiger partial charge >= 0.3 is 0 Å². The Kier molecular flexibility index (Phi) is 6.27. The Bertz CT molecular complexity index is 380. The minimum absolute atomic E-state index is 0.447. The standard InChI is InChI=1S/C14H22Cl2N2/c1-5-18(11(2)10-17(3)4)13-7-6-12(9-15)14(16)8-13/h6-8,11H,5,9-10H2,1-4H3. The van der Waals surface area contributed by atoms with E-state index in [4.69, 9.17) is 23.2 Å². The molecule has 0 saturated carbocycles. The summed E-state index contributed by atoms with van der Waals surface area (Å²) >= 11 is 12.0. The fraction of sp³-hybridized carbons (Fsp3) is 0.571. The highest BCUT2D eigenvalue weighted by Gasteiger charge is 2.14. The van der Waals surface area contributed by atoms with Gasteiger partial charge in [-0.2, -0.15) is 0 Å². The van der Waals surface area contributed by atoms with E-state index in [0.29, 0.717) is 11.9 Å². The van der Waals surface area contributed by atoms with Crippen molar-refractivity contribution in [1.82, 2.24) is 4.90 Å². The minimum atomic E-state index is 0.447. The zero-order valence-corrected chi connectivity index (χ0v) is 13.1. The number of hydrogen-bond donors (Lipinski definition) is 0. The average molecular weight is 289 g/mol. The molecule has 0 fully saturated rings. The Morgan fingerprint density at radius 2 is 1.94 bits per heavy atom. The Morgan fingerprint density at radius 3 is 2.39 bits per heavy atom. The number of anilines is 1. The van der Waals surface area contributed by atoms with E-state index < -0.39 is 0 Å². The lowest BCUT2D eigenvalue weighted by Gasteiger charge is -2.32. The van der Waals surface area contributed by atoms with E-state index in [-0.39, 0.29) is 0 Å². The van der Waals surface area contributed by atoms with Crippen LogP contribution in [0.25, 0.3) is 0 Å². The van der Waals surface area contributed by atoms with Gasteiger partial charge in [0.05, 0.1) is 0 Å². The summed E-state index contributed by atoms with van der Waals surface area (Å²) in [7, 11) is 4.18. The average Bonchev–Trinajstić information content (AvgIpc) is 2.29. The molecule has 0 aliphatic heterocycles. The molecule has 0 saturated heterocycles. The molecule has 0 aromatic heterocycles. The van der Waals surface area contributed by atoms with Crippen molar-refractivity contribution in [2.45, 2.75) is 25.8 Å². The molecule has 1 unspecified atom stereocenters. The van der Waals surface area contributed by atoms with Gasteiger partial charge in [0, 0.05) is 35.7 Å². The van der Waals surface area contributed by atoms with Crippen LogP contribution in [0, 0.1) is 0 Å². The Balaban J connectivity index is 2.91. The predicted octanol–water partition coefficient (Wildman–Crippen LogP) is 3.86. The molecule has 2 nitrogen and oxygen atoms in total. The van der Waals surface area contributed by atoms with Crippen LogP contribution >= 0.6 is 23.2 Å². The van der Waals surface area contributed by atoms with Crippen LogP contribution in [0.15, 0.2) is 18.2 Å². The van der Waals surface area contributed by atoms with Gasteiger partial charge in [0.25, 0.3) is 0 Å². The summed E-state index contributed by atoms with van der Waals surface area (Å²) < 4.78 is 0. The fourth-order valence-corrected chi connectivity index (χ4v) is 2.74. The molecule has 1 rings (SSSR count). The highest BCUT2D eigenvalue weighted by atomic mass is 35.5. The predicted molar refractivity (Wildman–Crippen MR) is 82.0 cm³/mol. The van der Waals surface area contributed by atoms with Crippen LogP contribution in [0.2, 0.25) is 5.02 Å². The van der Waals surface area contributed by atoms with Crippen molar-refractivity contribution in [3.8, 4) is 0 Å². The number of nitrogens with zero attached hydrogens (tertiary/aromatic N) is 2. The minimum Gasteiger partial charge on any atom is -0.368 e. The second-order valence-corrected chi connectivity index (χ2v) is 5.48. The third kappa shape index (κ3) is 4.04. The van der Waals surface area contributed by atoms with Crippen LogP contribution < -0.4 is 4.90 Å². The molecule has 0 aliphatic carbocycles. The molecule has 0 radical (unpaired) electrons. The Labute approximate surface area is 120 Å². The molecule has 0 bridgehead atoms. The third-order valence-electron chi connectivity index (χ3n) is 3.01. The first-order valence-corrected chi connectivity index (χ1v) is 7.16. The van der Waals surface area contributed by atoms with E-state index >= 15 is 0 Å². The maximum Gasteiger partial charge on any atom is 0.0488 e. The number of hydrogen-bond acceptors (Lipinski definition) is 2. The monoisotopic (exact) mass is 288 g/mol. The van der Waals surface area contributed by atoms with Crippen LogP contribution in [0.3, 0.4) is 0 Å². The summed E-state index contributed by atoms with van der Waals surface area (Å²) in [6.07, 6.45) is 0. The van der Waals surface area contributed by atoms with Gasteiger partial charge in [0.15, 0.2) is 0 Å². The summed E-state index contributed by atoms with van der Waals surface area (Å²) in [6.45, 7) is 6.37. The topological polar surface area (TPSA) is 6.48 Å². The highest BCUT2D eigenvalue weighted by Crippen LogP contribution is 2.26. The first-order chi connectivity index (χ1) is 8.49. The van der Waals surface area contributed by atoms with Crippen molar-refractivity contribution in [2.75, 3.05) is 32.1 Å². The Hall–Kier alpha value is -0.440. The third-order valence-corrected chi connectivity index (χ3v) is 3.65. The van der Waals surface area contributed by atoms with E-state index in [2.05, 4.69) is 43.8 Å². The molecule has 1 aromatic carbocycles.